The first-order valence-electron chi connectivity index (χ1n) is 10.5. The van der Waals surface area contributed by atoms with Crippen molar-refractivity contribution in [1.29, 1.82) is 0 Å². The lowest BCUT2D eigenvalue weighted by atomic mass is 9.96. The minimum absolute atomic E-state index is 0.127. The van der Waals surface area contributed by atoms with Crippen molar-refractivity contribution >= 4 is 27.7 Å². The van der Waals surface area contributed by atoms with Gasteiger partial charge in [0.2, 0.25) is 5.78 Å². The van der Waals surface area contributed by atoms with Crippen LogP contribution in [0.3, 0.4) is 0 Å². The van der Waals surface area contributed by atoms with Gasteiger partial charge < -0.3 is 18.7 Å². The summed E-state index contributed by atoms with van der Waals surface area (Å²) >= 11 is 0. The SMILES string of the molecule is Cc1cc(=O)oc2c1ccc1oc(C(=O)c3cccc(OCCO)c3)c(-c3ccccc3)c12. The van der Waals surface area contributed by atoms with E-state index in [1.165, 1.54) is 6.07 Å². The van der Waals surface area contributed by atoms with Gasteiger partial charge in [0.1, 0.15) is 23.5 Å². The third-order valence-corrected chi connectivity index (χ3v) is 5.50. The average molecular weight is 440 g/mol. The monoisotopic (exact) mass is 440 g/mol. The van der Waals surface area contributed by atoms with Gasteiger partial charge in [-0.3, -0.25) is 4.79 Å². The highest BCUT2D eigenvalue weighted by Gasteiger charge is 2.26. The molecule has 0 spiro atoms. The maximum atomic E-state index is 13.6. The Morgan fingerprint density at radius 1 is 0.970 bits per heavy atom. The topological polar surface area (TPSA) is 89.9 Å². The number of aryl methyl sites for hydroxylation is 1. The molecule has 0 saturated heterocycles. The number of hydrogen-bond donors (Lipinski definition) is 1. The summed E-state index contributed by atoms with van der Waals surface area (Å²) in [6.07, 6.45) is 0. The number of fused-ring (bicyclic) bond motifs is 3. The van der Waals surface area contributed by atoms with E-state index in [9.17, 15) is 9.59 Å². The van der Waals surface area contributed by atoms with Gasteiger partial charge in [-0.15, -0.1) is 0 Å². The molecule has 6 heteroatoms. The molecule has 0 atom stereocenters. The van der Waals surface area contributed by atoms with Gasteiger partial charge in [-0.25, -0.2) is 4.79 Å². The fourth-order valence-corrected chi connectivity index (χ4v) is 4.02. The highest BCUT2D eigenvalue weighted by molar-refractivity contribution is 6.20. The van der Waals surface area contributed by atoms with E-state index in [0.29, 0.717) is 33.4 Å². The molecule has 0 bridgehead atoms. The van der Waals surface area contributed by atoms with Crippen LogP contribution in [-0.4, -0.2) is 24.1 Å². The average Bonchev–Trinajstić information content (AvgIpc) is 3.23. The lowest BCUT2D eigenvalue weighted by Crippen LogP contribution is -2.05. The lowest BCUT2D eigenvalue weighted by molar-refractivity contribution is 0.101. The molecule has 0 radical (unpaired) electrons. The van der Waals surface area contributed by atoms with Crippen LogP contribution in [0, 0.1) is 6.92 Å². The molecule has 6 nitrogen and oxygen atoms in total. The Bertz CT molecular complexity index is 1540. The number of aliphatic hydroxyl groups is 1. The number of ketones is 1. The molecule has 0 fully saturated rings. The van der Waals surface area contributed by atoms with Crippen molar-refractivity contribution in [3.05, 3.63) is 100 Å². The Hall–Kier alpha value is -4.16. The molecule has 0 amide bonds. The Morgan fingerprint density at radius 2 is 1.79 bits per heavy atom. The molecule has 33 heavy (non-hydrogen) atoms. The van der Waals surface area contributed by atoms with Crippen LogP contribution in [0.4, 0.5) is 0 Å². The van der Waals surface area contributed by atoms with Gasteiger partial charge in [0.05, 0.1) is 12.0 Å². The van der Waals surface area contributed by atoms with E-state index < -0.39 is 5.63 Å². The summed E-state index contributed by atoms with van der Waals surface area (Å²) in [6.45, 7) is 1.84. The van der Waals surface area contributed by atoms with Gasteiger partial charge in [0.15, 0.2) is 5.76 Å². The van der Waals surface area contributed by atoms with E-state index in [4.69, 9.17) is 18.7 Å². The second-order valence-electron chi connectivity index (χ2n) is 7.67. The molecule has 1 N–H and O–H groups in total. The molecular weight excluding hydrogens is 420 g/mol. The fourth-order valence-electron chi connectivity index (χ4n) is 4.02. The van der Waals surface area contributed by atoms with Gasteiger partial charge in [0, 0.05) is 22.6 Å². The summed E-state index contributed by atoms with van der Waals surface area (Å²) in [7, 11) is 0. The van der Waals surface area contributed by atoms with Crippen LogP contribution in [0.25, 0.3) is 33.1 Å². The third-order valence-electron chi connectivity index (χ3n) is 5.50. The number of ether oxygens (including phenoxy) is 1. The molecular formula is C27H20O6. The molecule has 5 rings (SSSR count). The molecule has 0 unspecified atom stereocenters. The van der Waals surface area contributed by atoms with Crippen LogP contribution in [0.5, 0.6) is 5.75 Å². The number of carbonyl (C=O) groups excluding carboxylic acids is 1. The molecule has 0 aliphatic carbocycles. The molecule has 2 aromatic heterocycles. The van der Waals surface area contributed by atoms with Gasteiger partial charge in [-0.1, -0.05) is 42.5 Å². The maximum absolute atomic E-state index is 13.6. The van der Waals surface area contributed by atoms with Crippen molar-refractivity contribution in [2.45, 2.75) is 6.92 Å². The van der Waals surface area contributed by atoms with Crippen LogP contribution >= 0.6 is 0 Å². The van der Waals surface area contributed by atoms with Crippen molar-refractivity contribution in [2.24, 2.45) is 0 Å². The van der Waals surface area contributed by atoms with Gasteiger partial charge in [-0.05, 0) is 42.3 Å². The zero-order valence-corrected chi connectivity index (χ0v) is 17.8. The normalized spacial score (nSPS) is 11.2. The Kier molecular flexibility index (Phi) is 5.28. The Balaban J connectivity index is 1.79. The van der Waals surface area contributed by atoms with Crippen molar-refractivity contribution in [1.82, 2.24) is 0 Å². The highest BCUT2D eigenvalue weighted by Crippen LogP contribution is 2.40. The minimum atomic E-state index is -0.464. The smallest absolute Gasteiger partial charge is 0.336 e. The molecule has 164 valence electrons. The van der Waals surface area contributed by atoms with E-state index in [-0.39, 0.29) is 24.8 Å². The second kappa shape index (κ2) is 8.41. The van der Waals surface area contributed by atoms with E-state index >= 15 is 0 Å². The largest absolute Gasteiger partial charge is 0.491 e. The second-order valence-corrected chi connectivity index (χ2v) is 7.67. The van der Waals surface area contributed by atoms with E-state index in [2.05, 4.69) is 0 Å². The van der Waals surface area contributed by atoms with E-state index in [1.54, 1.807) is 30.3 Å². The quantitative estimate of drug-likeness (QED) is 0.291. The summed E-state index contributed by atoms with van der Waals surface area (Å²) in [5.74, 6) is 0.286. The van der Waals surface area contributed by atoms with Crippen molar-refractivity contribution in [3.63, 3.8) is 0 Å². The predicted octanol–water partition coefficient (Wildman–Crippen LogP) is 5.12. The van der Waals surface area contributed by atoms with Crippen LogP contribution in [0.2, 0.25) is 0 Å². The van der Waals surface area contributed by atoms with Gasteiger partial charge in [-0.2, -0.15) is 0 Å². The molecule has 3 aromatic carbocycles. The summed E-state index contributed by atoms with van der Waals surface area (Å²) in [5, 5.41) is 10.4. The molecule has 0 aliphatic heterocycles. The van der Waals surface area contributed by atoms with Crippen molar-refractivity contribution in [2.75, 3.05) is 13.2 Å². The number of hydrogen-bond acceptors (Lipinski definition) is 6. The first-order chi connectivity index (χ1) is 16.1. The summed E-state index contributed by atoms with van der Waals surface area (Å²) < 4.78 is 17.2. The van der Waals surface area contributed by atoms with E-state index in [1.807, 2.05) is 43.3 Å². The van der Waals surface area contributed by atoms with Crippen LogP contribution in [0.15, 0.2) is 86.4 Å². The summed E-state index contributed by atoms with van der Waals surface area (Å²) in [4.78, 5) is 25.8. The molecule has 0 saturated carbocycles. The lowest BCUT2D eigenvalue weighted by Gasteiger charge is -2.07. The summed E-state index contributed by atoms with van der Waals surface area (Å²) in [6, 6.07) is 21.2. The molecule has 2 heterocycles. The number of carbonyl (C=O) groups is 1. The highest BCUT2D eigenvalue weighted by atomic mass is 16.5. The van der Waals surface area contributed by atoms with Gasteiger partial charge in [0.25, 0.3) is 0 Å². The standard InChI is InChI=1S/C27H20O6/c1-16-14-22(29)33-26-20(16)10-11-21-24(26)23(17-6-3-2-4-7-17)27(32-21)25(30)18-8-5-9-19(15-18)31-13-12-28/h2-11,14-15,28H,12-13H2,1H3. The van der Waals surface area contributed by atoms with Crippen molar-refractivity contribution in [3.8, 4) is 16.9 Å². The van der Waals surface area contributed by atoms with Gasteiger partial charge >= 0.3 is 5.63 Å². The maximum Gasteiger partial charge on any atom is 0.336 e. The van der Waals surface area contributed by atoms with E-state index in [0.717, 1.165) is 16.5 Å². The molecule has 5 aromatic rings. The summed E-state index contributed by atoms with van der Waals surface area (Å²) in [5.41, 5.74) is 2.87. The first kappa shape index (κ1) is 20.7. The van der Waals surface area contributed by atoms with Crippen LogP contribution in [0.1, 0.15) is 21.7 Å². The number of rotatable bonds is 6. The third kappa shape index (κ3) is 3.70. The van der Waals surface area contributed by atoms with Crippen molar-refractivity contribution < 1.29 is 23.5 Å². The zero-order chi connectivity index (χ0) is 22.9. The molecule has 0 aliphatic rings. The number of benzene rings is 3. The van der Waals surface area contributed by atoms with Crippen LogP contribution in [-0.2, 0) is 0 Å². The zero-order valence-electron chi connectivity index (χ0n) is 17.8. The Labute approximate surface area is 188 Å². The minimum Gasteiger partial charge on any atom is -0.491 e. The van der Waals surface area contributed by atoms with Crippen LogP contribution < -0.4 is 10.4 Å². The predicted molar refractivity (Wildman–Crippen MR) is 125 cm³/mol. The number of furan rings is 1. The fraction of sp³-hybridized carbons (Fsp3) is 0.111. The first-order valence-corrected chi connectivity index (χ1v) is 10.5. The number of aliphatic hydroxyl groups excluding tert-OH is 1. The Morgan fingerprint density at radius 3 is 2.58 bits per heavy atom.